The molecule has 0 fully saturated rings. The first-order valence-electron chi connectivity index (χ1n) is 5.90. The Bertz CT molecular complexity index is 679. The lowest BCUT2D eigenvalue weighted by molar-refractivity contribution is -0.385. The van der Waals surface area contributed by atoms with Crippen LogP contribution in [0.5, 0.6) is 5.75 Å². The summed E-state index contributed by atoms with van der Waals surface area (Å²) in [6.45, 7) is -0.223. The van der Waals surface area contributed by atoms with Gasteiger partial charge in [0.25, 0.3) is 5.69 Å². The van der Waals surface area contributed by atoms with Crippen molar-refractivity contribution in [1.29, 1.82) is 0 Å². The quantitative estimate of drug-likeness (QED) is 0.454. The molecule has 2 aromatic carbocycles. The topological polar surface area (TPSA) is 52.4 Å². The minimum atomic E-state index is -0.617. The van der Waals surface area contributed by atoms with E-state index in [0.29, 0.717) is 10.9 Å². The Hall–Kier alpha value is -2.02. The number of nitro groups is 1. The predicted octanol–water partition coefficient (Wildman–Crippen LogP) is 4.35. The Balaban J connectivity index is 2.22. The molecule has 0 N–H and O–H groups in total. The molecule has 7 heteroatoms. The monoisotopic (exact) mass is 357 g/mol. The summed E-state index contributed by atoms with van der Waals surface area (Å²) in [4.78, 5) is 10.2. The van der Waals surface area contributed by atoms with E-state index in [1.807, 2.05) is 0 Å². The summed E-state index contributed by atoms with van der Waals surface area (Å²) in [5.74, 6) is -0.849. The molecule has 0 heterocycles. The van der Waals surface area contributed by atoms with Crippen LogP contribution in [0.2, 0.25) is 0 Å². The molecule has 0 unspecified atom stereocenters. The Morgan fingerprint density at radius 3 is 2.57 bits per heavy atom. The number of hydrogen-bond acceptors (Lipinski definition) is 3. The molecule has 0 aliphatic carbocycles. The van der Waals surface area contributed by atoms with Crippen LogP contribution in [0.4, 0.5) is 14.5 Å². The second kappa shape index (κ2) is 6.62. The molecule has 2 aromatic rings. The zero-order valence-corrected chi connectivity index (χ0v) is 12.3. The zero-order chi connectivity index (χ0) is 15.4. The number of alkyl halides is 1. The van der Waals surface area contributed by atoms with E-state index in [9.17, 15) is 18.9 Å². The molecule has 0 amide bonds. The fourth-order valence-corrected chi connectivity index (χ4v) is 2.11. The lowest BCUT2D eigenvalue weighted by Crippen LogP contribution is -2.02. The average molecular weight is 358 g/mol. The maximum atomic E-state index is 13.3. The van der Waals surface area contributed by atoms with Gasteiger partial charge in [0.05, 0.1) is 10.5 Å². The van der Waals surface area contributed by atoms with E-state index in [2.05, 4.69) is 15.9 Å². The molecular weight excluding hydrogens is 348 g/mol. The van der Waals surface area contributed by atoms with Gasteiger partial charge in [-0.3, -0.25) is 10.1 Å². The number of ether oxygens (including phenoxy) is 1. The summed E-state index contributed by atoms with van der Waals surface area (Å²) in [5, 5.41) is 11.3. The van der Waals surface area contributed by atoms with Crippen LogP contribution in [0.15, 0.2) is 36.4 Å². The minimum absolute atomic E-state index is 0.0876. The molecule has 0 aliphatic rings. The largest absolute Gasteiger partial charge is 0.489 e. The molecule has 0 saturated heterocycles. The van der Waals surface area contributed by atoms with Crippen molar-refractivity contribution in [3.63, 3.8) is 0 Å². The van der Waals surface area contributed by atoms with Gasteiger partial charge in [-0.1, -0.05) is 15.9 Å². The number of halogens is 3. The Morgan fingerprint density at radius 2 is 1.90 bits per heavy atom. The van der Waals surface area contributed by atoms with Crippen LogP contribution in [0.3, 0.4) is 0 Å². The van der Waals surface area contributed by atoms with Crippen molar-refractivity contribution in [2.75, 3.05) is 0 Å². The van der Waals surface area contributed by atoms with Crippen molar-refractivity contribution in [3.05, 3.63) is 69.3 Å². The van der Waals surface area contributed by atoms with Crippen molar-refractivity contribution < 1.29 is 18.4 Å². The zero-order valence-electron chi connectivity index (χ0n) is 10.7. The predicted molar refractivity (Wildman–Crippen MR) is 76.4 cm³/mol. The van der Waals surface area contributed by atoms with Gasteiger partial charge in [0.15, 0.2) is 0 Å². The number of nitro benzene ring substituents is 1. The van der Waals surface area contributed by atoms with E-state index in [1.165, 1.54) is 6.07 Å². The lowest BCUT2D eigenvalue weighted by Gasteiger charge is -2.08. The van der Waals surface area contributed by atoms with E-state index < -0.39 is 16.6 Å². The highest BCUT2D eigenvalue weighted by Crippen LogP contribution is 2.23. The second-order valence-electron chi connectivity index (χ2n) is 4.25. The van der Waals surface area contributed by atoms with E-state index in [4.69, 9.17) is 4.74 Å². The molecule has 0 atom stereocenters. The van der Waals surface area contributed by atoms with Gasteiger partial charge in [0, 0.05) is 17.5 Å². The fraction of sp³-hybridized carbons (Fsp3) is 0.143. The number of rotatable bonds is 5. The molecule has 21 heavy (non-hydrogen) atoms. The standard InChI is InChI=1S/C14H10BrF2NO3/c15-7-9-3-12(17)6-13(4-9)21-8-10-5-11(16)1-2-14(10)18(19)20/h1-6H,7-8H2. The van der Waals surface area contributed by atoms with Gasteiger partial charge >= 0.3 is 0 Å². The first kappa shape index (κ1) is 15.4. The Kier molecular flexibility index (Phi) is 4.85. The van der Waals surface area contributed by atoms with Crippen LogP contribution in [0, 0.1) is 21.7 Å². The van der Waals surface area contributed by atoms with E-state index in [1.54, 1.807) is 6.07 Å². The highest BCUT2D eigenvalue weighted by molar-refractivity contribution is 9.08. The Labute approximate surface area is 127 Å². The van der Waals surface area contributed by atoms with Crippen molar-refractivity contribution in [2.45, 2.75) is 11.9 Å². The molecule has 0 aliphatic heterocycles. The summed E-state index contributed by atoms with van der Waals surface area (Å²) < 4.78 is 31.8. The molecule has 0 spiro atoms. The van der Waals surface area contributed by atoms with Crippen molar-refractivity contribution in [3.8, 4) is 5.75 Å². The van der Waals surface area contributed by atoms with Crippen LogP contribution in [-0.2, 0) is 11.9 Å². The third-order valence-corrected chi connectivity index (χ3v) is 3.37. The van der Waals surface area contributed by atoms with E-state index in [0.717, 1.165) is 24.3 Å². The lowest BCUT2D eigenvalue weighted by atomic mass is 10.2. The van der Waals surface area contributed by atoms with Crippen LogP contribution >= 0.6 is 15.9 Å². The van der Waals surface area contributed by atoms with Crippen molar-refractivity contribution in [1.82, 2.24) is 0 Å². The average Bonchev–Trinajstić information content (AvgIpc) is 2.44. The second-order valence-corrected chi connectivity index (χ2v) is 4.81. The molecule has 0 saturated carbocycles. The Morgan fingerprint density at radius 1 is 1.14 bits per heavy atom. The van der Waals surface area contributed by atoms with Gasteiger partial charge in [0.2, 0.25) is 0 Å². The van der Waals surface area contributed by atoms with Crippen molar-refractivity contribution >= 4 is 21.6 Å². The van der Waals surface area contributed by atoms with Gasteiger partial charge in [-0.15, -0.1) is 0 Å². The van der Waals surface area contributed by atoms with E-state index in [-0.39, 0.29) is 23.6 Å². The number of hydrogen-bond donors (Lipinski definition) is 0. The van der Waals surface area contributed by atoms with E-state index >= 15 is 0 Å². The highest BCUT2D eigenvalue weighted by atomic mass is 79.9. The van der Waals surface area contributed by atoms with Crippen LogP contribution < -0.4 is 4.74 Å². The third-order valence-electron chi connectivity index (χ3n) is 2.72. The summed E-state index contributed by atoms with van der Waals surface area (Å²) in [7, 11) is 0. The first-order valence-corrected chi connectivity index (χ1v) is 7.03. The minimum Gasteiger partial charge on any atom is -0.489 e. The van der Waals surface area contributed by atoms with Crippen LogP contribution in [0.1, 0.15) is 11.1 Å². The van der Waals surface area contributed by atoms with Crippen LogP contribution in [0.25, 0.3) is 0 Å². The summed E-state index contributed by atoms with van der Waals surface area (Å²) in [5.41, 5.74) is 0.511. The molecule has 4 nitrogen and oxygen atoms in total. The first-order chi connectivity index (χ1) is 9.99. The fourth-order valence-electron chi connectivity index (χ4n) is 1.79. The van der Waals surface area contributed by atoms with Crippen molar-refractivity contribution in [2.24, 2.45) is 0 Å². The molecule has 110 valence electrons. The normalized spacial score (nSPS) is 10.4. The van der Waals surface area contributed by atoms with Gasteiger partial charge in [0.1, 0.15) is 24.0 Å². The maximum absolute atomic E-state index is 13.3. The maximum Gasteiger partial charge on any atom is 0.276 e. The van der Waals surface area contributed by atoms with Gasteiger partial charge in [-0.05, 0) is 29.8 Å². The summed E-state index contributed by atoms with van der Waals surface area (Å²) in [6.07, 6.45) is 0. The molecule has 2 rings (SSSR count). The van der Waals surface area contributed by atoms with Gasteiger partial charge in [-0.25, -0.2) is 8.78 Å². The van der Waals surface area contributed by atoms with Crippen LogP contribution in [-0.4, -0.2) is 4.92 Å². The molecule has 0 bridgehead atoms. The molecule has 0 radical (unpaired) electrons. The van der Waals surface area contributed by atoms with Gasteiger partial charge in [-0.2, -0.15) is 0 Å². The smallest absolute Gasteiger partial charge is 0.276 e. The third kappa shape index (κ3) is 3.98. The highest BCUT2D eigenvalue weighted by Gasteiger charge is 2.15. The molecular formula is C14H10BrF2NO3. The SMILES string of the molecule is O=[N+]([O-])c1ccc(F)cc1COc1cc(F)cc(CBr)c1. The van der Waals surface area contributed by atoms with Gasteiger partial charge < -0.3 is 4.74 Å². The molecule has 0 aromatic heterocycles. The number of nitrogens with zero attached hydrogens (tertiary/aromatic N) is 1. The number of benzene rings is 2. The summed E-state index contributed by atoms with van der Waals surface area (Å²) >= 11 is 3.20. The summed E-state index contributed by atoms with van der Waals surface area (Å²) in [6, 6.07) is 7.21.